The predicted molar refractivity (Wildman–Crippen MR) is 105 cm³/mol. The molecular formula is C20H22N2O6S. The number of hydrogen-bond acceptors (Lipinski definition) is 6. The number of hydrogen-bond donors (Lipinski definition) is 2. The second-order valence-electron chi connectivity index (χ2n) is 6.76. The number of rotatable bonds is 5. The third kappa shape index (κ3) is 4.64. The lowest BCUT2D eigenvalue weighted by molar-refractivity contribution is -0.133. The summed E-state index contributed by atoms with van der Waals surface area (Å²) < 4.78 is 30.7. The van der Waals surface area contributed by atoms with E-state index >= 15 is 0 Å². The highest BCUT2D eigenvalue weighted by molar-refractivity contribution is 7.89. The van der Waals surface area contributed by atoms with E-state index in [-0.39, 0.29) is 12.3 Å². The first-order valence-corrected chi connectivity index (χ1v) is 10.7. The highest BCUT2D eigenvalue weighted by Crippen LogP contribution is 2.25. The average molecular weight is 418 g/mol. The van der Waals surface area contributed by atoms with Crippen molar-refractivity contribution < 1.29 is 28.0 Å². The van der Waals surface area contributed by atoms with E-state index < -0.39 is 27.9 Å². The van der Waals surface area contributed by atoms with Gasteiger partial charge in [0.1, 0.15) is 6.04 Å². The number of methoxy groups -OCH3 is 1. The molecule has 0 aromatic heterocycles. The van der Waals surface area contributed by atoms with Gasteiger partial charge in [0.25, 0.3) is 5.91 Å². The van der Waals surface area contributed by atoms with Crippen molar-refractivity contribution >= 4 is 21.9 Å². The van der Waals surface area contributed by atoms with Gasteiger partial charge in [-0.25, -0.2) is 18.7 Å². The Kier molecular flexibility index (Phi) is 6.31. The lowest BCUT2D eigenvalue weighted by atomic mass is 10.0. The van der Waals surface area contributed by atoms with Crippen molar-refractivity contribution in [1.82, 2.24) is 9.79 Å². The Hall–Kier alpha value is -2.75. The minimum Gasteiger partial charge on any atom is -0.465 e. The van der Waals surface area contributed by atoms with Crippen LogP contribution >= 0.6 is 0 Å². The van der Waals surface area contributed by atoms with E-state index in [2.05, 4.69) is 4.74 Å². The Morgan fingerprint density at radius 2 is 1.69 bits per heavy atom. The van der Waals surface area contributed by atoms with Gasteiger partial charge in [-0.15, -0.1) is 0 Å². The Labute approximate surface area is 169 Å². The molecule has 0 spiro atoms. The lowest BCUT2D eigenvalue weighted by Gasteiger charge is -2.33. The summed E-state index contributed by atoms with van der Waals surface area (Å²) >= 11 is 0. The van der Waals surface area contributed by atoms with E-state index in [1.807, 2.05) is 12.1 Å². The van der Waals surface area contributed by atoms with Gasteiger partial charge >= 0.3 is 5.97 Å². The van der Waals surface area contributed by atoms with Crippen LogP contribution in [0.4, 0.5) is 0 Å². The van der Waals surface area contributed by atoms with Crippen LogP contribution in [-0.4, -0.2) is 48.7 Å². The normalized spacial score (nSPS) is 18.8. The maximum atomic E-state index is 12.4. The Morgan fingerprint density at radius 3 is 2.24 bits per heavy atom. The first kappa shape index (κ1) is 21.0. The number of nitrogens with one attached hydrogen (secondary N) is 1. The molecule has 2 aromatic rings. The molecule has 154 valence electrons. The van der Waals surface area contributed by atoms with Gasteiger partial charge in [-0.3, -0.25) is 10.0 Å². The summed E-state index contributed by atoms with van der Waals surface area (Å²) in [7, 11) is -2.26. The van der Waals surface area contributed by atoms with Gasteiger partial charge in [0, 0.05) is 6.54 Å². The summed E-state index contributed by atoms with van der Waals surface area (Å²) in [5.41, 5.74) is 4.53. The Morgan fingerprint density at radius 1 is 1.10 bits per heavy atom. The fraction of sp³-hybridized carbons (Fsp3) is 0.300. The summed E-state index contributed by atoms with van der Waals surface area (Å²) in [6, 6.07) is 13.3. The van der Waals surface area contributed by atoms with Gasteiger partial charge < -0.3 is 4.74 Å². The van der Waals surface area contributed by atoms with Crippen LogP contribution < -0.4 is 5.48 Å². The van der Waals surface area contributed by atoms with Crippen molar-refractivity contribution in [2.75, 3.05) is 12.9 Å². The summed E-state index contributed by atoms with van der Waals surface area (Å²) in [6.07, 6.45) is 0.730. The van der Waals surface area contributed by atoms with Crippen LogP contribution in [0.5, 0.6) is 0 Å². The maximum absolute atomic E-state index is 12.4. The predicted octanol–water partition coefficient (Wildman–Crippen LogP) is 1.94. The van der Waals surface area contributed by atoms with Gasteiger partial charge in [0.2, 0.25) is 10.0 Å². The molecule has 3 rings (SSSR count). The molecule has 29 heavy (non-hydrogen) atoms. The van der Waals surface area contributed by atoms with E-state index in [0.717, 1.165) is 21.0 Å². The molecule has 2 N–H and O–H groups in total. The zero-order chi connectivity index (χ0) is 21.0. The number of amides is 1. The van der Waals surface area contributed by atoms with Crippen LogP contribution in [-0.2, 0) is 26.1 Å². The van der Waals surface area contributed by atoms with Crippen molar-refractivity contribution in [3.05, 3.63) is 59.7 Å². The number of sulfonamides is 1. The van der Waals surface area contributed by atoms with Gasteiger partial charge in [0.15, 0.2) is 0 Å². The van der Waals surface area contributed by atoms with Crippen molar-refractivity contribution in [3.8, 4) is 11.1 Å². The second-order valence-corrected chi connectivity index (χ2v) is 8.80. The molecule has 1 amide bonds. The Bertz CT molecular complexity index is 987. The zero-order valence-corrected chi connectivity index (χ0v) is 16.7. The summed E-state index contributed by atoms with van der Waals surface area (Å²) in [5.74, 6) is -1.15. The van der Waals surface area contributed by atoms with E-state index in [0.29, 0.717) is 18.4 Å². The first-order valence-electron chi connectivity index (χ1n) is 9.07. The molecule has 0 bridgehead atoms. The molecule has 0 unspecified atom stereocenters. The number of carbonyl (C=O) groups excluding carboxylic acids is 2. The summed E-state index contributed by atoms with van der Waals surface area (Å²) in [4.78, 5) is 23.4. The van der Waals surface area contributed by atoms with Crippen LogP contribution in [0.2, 0.25) is 0 Å². The molecule has 1 atom stereocenters. The van der Waals surface area contributed by atoms with Gasteiger partial charge in [-0.2, -0.15) is 4.31 Å². The van der Waals surface area contributed by atoms with E-state index in [4.69, 9.17) is 5.21 Å². The third-order valence-electron chi connectivity index (χ3n) is 4.93. The molecule has 1 saturated heterocycles. The third-order valence-corrected chi connectivity index (χ3v) is 6.83. The standard InChI is InChI=1S/C20H22N2O6S/c1-28-20(24)17-10-8-16(9-11-17)15-6-4-14(5-7-15)13-22-18(19(23)21-25)3-2-12-29(22,26)27/h4-11,18,25H,2-3,12-13H2,1H3,(H,21,23)/t18-/m0/s1. The fourth-order valence-electron chi connectivity index (χ4n) is 3.36. The Balaban J connectivity index is 1.79. The summed E-state index contributed by atoms with van der Waals surface area (Å²) in [6.45, 7) is 0.0436. The van der Waals surface area contributed by atoms with Crippen LogP contribution in [0, 0.1) is 0 Å². The SMILES string of the molecule is COC(=O)c1ccc(-c2ccc(CN3[C@H](C(=O)NO)CCCS3(=O)=O)cc2)cc1. The maximum Gasteiger partial charge on any atom is 0.337 e. The van der Waals surface area contributed by atoms with Gasteiger partial charge in [-0.1, -0.05) is 36.4 Å². The van der Waals surface area contributed by atoms with Gasteiger partial charge in [0.05, 0.1) is 18.4 Å². The van der Waals surface area contributed by atoms with Crippen molar-refractivity contribution in [1.29, 1.82) is 0 Å². The zero-order valence-electron chi connectivity index (χ0n) is 15.9. The molecule has 0 aliphatic carbocycles. The molecular weight excluding hydrogens is 396 g/mol. The van der Waals surface area contributed by atoms with Crippen LogP contribution in [0.3, 0.4) is 0 Å². The van der Waals surface area contributed by atoms with E-state index in [9.17, 15) is 18.0 Å². The highest BCUT2D eigenvalue weighted by Gasteiger charge is 2.38. The second kappa shape index (κ2) is 8.73. The lowest BCUT2D eigenvalue weighted by Crippen LogP contribution is -2.51. The van der Waals surface area contributed by atoms with E-state index in [1.165, 1.54) is 7.11 Å². The number of esters is 1. The molecule has 2 aromatic carbocycles. The minimum absolute atomic E-state index is 0.0210. The number of ether oxygens (including phenoxy) is 1. The molecule has 1 heterocycles. The molecule has 1 aliphatic rings. The number of nitrogens with zero attached hydrogens (tertiary/aromatic N) is 1. The number of hydroxylamine groups is 1. The molecule has 9 heteroatoms. The van der Waals surface area contributed by atoms with Crippen LogP contribution in [0.25, 0.3) is 11.1 Å². The van der Waals surface area contributed by atoms with Gasteiger partial charge in [-0.05, 0) is 41.7 Å². The fourth-order valence-corrected chi connectivity index (χ4v) is 5.06. The first-order chi connectivity index (χ1) is 13.9. The monoisotopic (exact) mass is 418 g/mol. The summed E-state index contributed by atoms with van der Waals surface area (Å²) in [5, 5.41) is 8.92. The smallest absolute Gasteiger partial charge is 0.337 e. The van der Waals surface area contributed by atoms with Crippen LogP contribution in [0.15, 0.2) is 48.5 Å². The number of benzene rings is 2. The average Bonchev–Trinajstić information content (AvgIpc) is 2.74. The molecule has 1 aliphatic heterocycles. The molecule has 8 nitrogen and oxygen atoms in total. The van der Waals surface area contributed by atoms with Crippen molar-refractivity contribution in [3.63, 3.8) is 0 Å². The van der Waals surface area contributed by atoms with Crippen molar-refractivity contribution in [2.24, 2.45) is 0 Å². The minimum atomic E-state index is -3.59. The molecule has 0 saturated carbocycles. The molecule has 0 radical (unpaired) electrons. The van der Waals surface area contributed by atoms with Crippen molar-refractivity contribution in [2.45, 2.75) is 25.4 Å². The van der Waals surface area contributed by atoms with Crippen LogP contribution in [0.1, 0.15) is 28.8 Å². The highest BCUT2D eigenvalue weighted by atomic mass is 32.2. The largest absolute Gasteiger partial charge is 0.465 e. The topological polar surface area (TPSA) is 113 Å². The molecule has 1 fully saturated rings. The van der Waals surface area contributed by atoms with E-state index in [1.54, 1.807) is 41.9 Å². The number of carbonyl (C=O) groups is 2. The quantitative estimate of drug-likeness (QED) is 0.436.